The first kappa shape index (κ1) is 11.2. The van der Waals surface area contributed by atoms with Gasteiger partial charge in [0.25, 0.3) is 0 Å². The van der Waals surface area contributed by atoms with Gasteiger partial charge in [-0.15, -0.1) is 0 Å². The van der Waals surface area contributed by atoms with Crippen LogP contribution in [0.2, 0.25) is 0 Å². The first-order valence-electron chi connectivity index (χ1n) is 6.91. The lowest BCUT2D eigenvalue weighted by Gasteiger charge is -2.27. The molecule has 3 N–H and O–H groups in total. The molecule has 0 spiro atoms. The van der Waals surface area contributed by atoms with Crippen molar-refractivity contribution in [1.29, 1.82) is 0 Å². The van der Waals surface area contributed by atoms with Crippen molar-refractivity contribution in [2.45, 2.75) is 37.6 Å². The van der Waals surface area contributed by atoms with Crippen LogP contribution in [0.5, 0.6) is 0 Å². The number of hydrogen-bond donors (Lipinski definition) is 2. The smallest absolute Gasteiger partial charge is 0.0326 e. The van der Waals surface area contributed by atoms with Crippen molar-refractivity contribution >= 4 is 0 Å². The van der Waals surface area contributed by atoms with Gasteiger partial charge in [0, 0.05) is 6.04 Å². The summed E-state index contributed by atoms with van der Waals surface area (Å²) in [7, 11) is 0. The topological polar surface area (TPSA) is 38.0 Å². The van der Waals surface area contributed by atoms with Crippen molar-refractivity contribution in [3.05, 3.63) is 35.4 Å². The molecule has 0 aromatic heterocycles. The summed E-state index contributed by atoms with van der Waals surface area (Å²) in [4.78, 5) is 0. The van der Waals surface area contributed by atoms with Crippen LogP contribution < -0.4 is 11.1 Å². The summed E-state index contributed by atoms with van der Waals surface area (Å²) >= 11 is 0. The molecule has 2 nitrogen and oxygen atoms in total. The van der Waals surface area contributed by atoms with Crippen molar-refractivity contribution in [3.8, 4) is 0 Å². The van der Waals surface area contributed by atoms with Crippen LogP contribution in [0.25, 0.3) is 0 Å². The fraction of sp³-hybridized carbons (Fsp3) is 0.600. The van der Waals surface area contributed by atoms with Crippen LogP contribution in [0.4, 0.5) is 0 Å². The fourth-order valence-electron chi connectivity index (χ4n) is 3.03. The van der Waals surface area contributed by atoms with E-state index < -0.39 is 0 Å². The third-order valence-corrected chi connectivity index (χ3v) is 4.26. The molecular formula is C15H22N2. The number of hydrogen-bond acceptors (Lipinski definition) is 2. The number of benzene rings is 1. The molecule has 1 heterocycles. The Labute approximate surface area is 104 Å². The highest BCUT2D eigenvalue weighted by molar-refractivity contribution is 5.34. The third-order valence-electron chi connectivity index (χ3n) is 4.26. The molecule has 0 bridgehead atoms. The average Bonchev–Trinajstić information content (AvgIpc) is 3.23. The highest BCUT2D eigenvalue weighted by Gasteiger charge is 2.31. The van der Waals surface area contributed by atoms with Crippen LogP contribution in [-0.4, -0.2) is 13.1 Å². The Morgan fingerprint density at radius 1 is 1.06 bits per heavy atom. The molecule has 1 atom stereocenters. The third kappa shape index (κ3) is 2.38. The van der Waals surface area contributed by atoms with Crippen LogP contribution in [0, 0.1) is 5.92 Å². The SMILES string of the molecule is N[C@H](c1ccccc1C1CCNCC1)C1CC1. The van der Waals surface area contributed by atoms with E-state index in [0.717, 1.165) is 24.9 Å². The first-order valence-corrected chi connectivity index (χ1v) is 6.91. The van der Waals surface area contributed by atoms with Gasteiger partial charge in [-0.2, -0.15) is 0 Å². The largest absolute Gasteiger partial charge is 0.324 e. The van der Waals surface area contributed by atoms with Crippen molar-refractivity contribution in [2.75, 3.05) is 13.1 Å². The molecule has 2 heteroatoms. The molecule has 17 heavy (non-hydrogen) atoms. The summed E-state index contributed by atoms with van der Waals surface area (Å²) in [6, 6.07) is 9.14. The standard InChI is InChI=1S/C15H22N2/c16-15(12-5-6-12)14-4-2-1-3-13(14)11-7-9-17-10-8-11/h1-4,11-12,15,17H,5-10,16H2/t15-/m0/s1. The quantitative estimate of drug-likeness (QED) is 0.837. The van der Waals surface area contributed by atoms with Crippen molar-refractivity contribution < 1.29 is 0 Å². The van der Waals surface area contributed by atoms with Crippen LogP contribution in [-0.2, 0) is 0 Å². The zero-order valence-electron chi connectivity index (χ0n) is 10.4. The molecule has 1 aliphatic carbocycles. The van der Waals surface area contributed by atoms with Crippen molar-refractivity contribution in [1.82, 2.24) is 5.32 Å². The Bertz CT molecular complexity index is 378. The highest BCUT2D eigenvalue weighted by Crippen LogP contribution is 2.42. The maximum absolute atomic E-state index is 6.39. The maximum atomic E-state index is 6.39. The van der Waals surface area contributed by atoms with Crippen molar-refractivity contribution in [3.63, 3.8) is 0 Å². The average molecular weight is 230 g/mol. The van der Waals surface area contributed by atoms with E-state index in [2.05, 4.69) is 29.6 Å². The lowest BCUT2D eigenvalue weighted by Crippen LogP contribution is -2.28. The minimum Gasteiger partial charge on any atom is -0.324 e. The lowest BCUT2D eigenvalue weighted by atomic mass is 9.84. The Kier molecular flexibility index (Phi) is 3.17. The molecule has 0 amide bonds. The molecule has 3 rings (SSSR count). The second-order valence-electron chi connectivity index (χ2n) is 5.52. The van der Waals surface area contributed by atoms with E-state index in [1.807, 2.05) is 0 Å². The molecule has 0 unspecified atom stereocenters. The molecule has 92 valence electrons. The predicted molar refractivity (Wildman–Crippen MR) is 70.9 cm³/mol. The highest BCUT2D eigenvalue weighted by atomic mass is 14.9. The van der Waals surface area contributed by atoms with E-state index in [-0.39, 0.29) is 6.04 Å². The van der Waals surface area contributed by atoms with Gasteiger partial charge < -0.3 is 11.1 Å². The summed E-state index contributed by atoms with van der Waals surface area (Å²) in [6.45, 7) is 2.30. The summed E-state index contributed by atoms with van der Waals surface area (Å²) in [5.41, 5.74) is 9.33. The normalized spacial score (nSPS) is 23.6. The fourth-order valence-corrected chi connectivity index (χ4v) is 3.03. The monoisotopic (exact) mass is 230 g/mol. The zero-order chi connectivity index (χ0) is 11.7. The van der Waals surface area contributed by atoms with Gasteiger partial charge in [0.1, 0.15) is 0 Å². The molecule has 1 aliphatic heterocycles. The van der Waals surface area contributed by atoms with Crippen LogP contribution in [0.3, 0.4) is 0 Å². The molecule has 1 aromatic carbocycles. The van der Waals surface area contributed by atoms with Gasteiger partial charge in [-0.25, -0.2) is 0 Å². The molecule has 1 saturated carbocycles. The second kappa shape index (κ2) is 4.79. The molecule has 2 fully saturated rings. The van der Waals surface area contributed by atoms with E-state index >= 15 is 0 Å². The summed E-state index contributed by atoms with van der Waals surface area (Å²) < 4.78 is 0. The summed E-state index contributed by atoms with van der Waals surface area (Å²) in [5, 5.41) is 3.44. The van der Waals surface area contributed by atoms with E-state index in [9.17, 15) is 0 Å². The second-order valence-corrected chi connectivity index (χ2v) is 5.52. The molecule has 1 aromatic rings. The minimum atomic E-state index is 0.279. The summed E-state index contributed by atoms with van der Waals surface area (Å²) in [6.07, 6.45) is 5.16. The van der Waals surface area contributed by atoms with E-state index in [1.54, 1.807) is 0 Å². The maximum Gasteiger partial charge on any atom is 0.0326 e. The number of nitrogens with two attached hydrogens (primary N) is 1. The van der Waals surface area contributed by atoms with E-state index in [1.165, 1.54) is 36.8 Å². The Balaban J connectivity index is 1.86. The first-order chi connectivity index (χ1) is 8.36. The van der Waals surface area contributed by atoms with Gasteiger partial charge in [-0.3, -0.25) is 0 Å². The van der Waals surface area contributed by atoms with Gasteiger partial charge in [-0.1, -0.05) is 24.3 Å². The van der Waals surface area contributed by atoms with E-state index in [0.29, 0.717) is 0 Å². The summed E-state index contributed by atoms with van der Waals surface area (Å²) in [5.74, 6) is 1.47. The zero-order valence-corrected chi connectivity index (χ0v) is 10.4. The van der Waals surface area contributed by atoms with E-state index in [4.69, 9.17) is 5.73 Å². The molecule has 1 saturated heterocycles. The predicted octanol–water partition coefficient (Wildman–Crippen LogP) is 2.56. The van der Waals surface area contributed by atoms with Crippen LogP contribution >= 0.6 is 0 Å². The number of rotatable bonds is 3. The van der Waals surface area contributed by atoms with Gasteiger partial charge in [0.05, 0.1) is 0 Å². The van der Waals surface area contributed by atoms with Crippen LogP contribution in [0.15, 0.2) is 24.3 Å². The molecule has 2 aliphatic rings. The molecular weight excluding hydrogens is 208 g/mol. The Morgan fingerprint density at radius 3 is 2.47 bits per heavy atom. The number of piperidine rings is 1. The van der Waals surface area contributed by atoms with Gasteiger partial charge >= 0.3 is 0 Å². The number of nitrogens with one attached hydrogen (secondary N) is 1. The Hall–Kier alpha value is -0.860. The Morgan fingerprint density at radius 2 is 1.76 bits per heavy atom. The lowest BCUT2D eigenvalue weighted by molar-refractivity contribution is 0.454. The van der Waals surface area contributed by atoms with Gasteiger partial charge in [0.2, 0.25) is 0 Å². The molecule has 0 radical (unpaired) electrons. The van der Waals surface area contributed by atoms with Gasteiger partial charge in [-0.05, 0) is 61.7 Å². The van der Waals surface area contributed by atoms with Gasteiger partial charge in [0.15, 0.2) is 0 Å². The minimum absolute atomic E-state index is 0.279. The van der Waals surface area contributed by atoms with Crippen LogP contribution in [0.1, 0.15) is 48.8 Å². The van der Waals surface area contributed by atoms with Crippen molar-refractivity contribution in [2.24, 2.45) is 11.7 Å².